The first-order valence-corrected chi connectivity index (χ1v) is 8.05. The summed E-state index contributed by atoms with van der Waals surface area (Å²) >= 11 is 3.36. The van der Waals surface area contributed by atoms with E-state index in [2.05, 4.69) is 21.2 Å². The normalized spacial score (nSPS) is 13.7. The Balaban J connectivity index is 1.62. The van der Waals surface area contributed by atoms with Crippen LogP contribution in [0.2, 0.25) is 0 Å². The molecule has 1 aliphatic rings. The highest BCUT2D eigenvalue weighted by atomic mass is 79.9. The van der Waals surface area contributed by atoms with E-state index in [0.29, 0.717) is 31.9 Å². The van der Waals surface area contributed by atoms with E-state index < -0.39 is 0 Å². The molecular weight excluding hydrogens is 349 g/mol. The Morgan fingerprint density at radius 2 is 1.82 bits per heavy atom. The predicted molar refractivity (Wildman–Crippen MR) is 86.7 cm³/mol. The summed E-state index contributed by atoms with van der Waals surface area (Å²) in [6.45, 7) is 2.47. The van der Waals surface area contributed by atoms with Crippen LogP contribution in [0.4, 0.5) is 4.39 Å². The van der Waals surface area contributed by atoms with E-state index in [4.69, 9.17) is 9.47 Å². The minimum absolute atomic E-state index is 0.200. The van der Waals surface area contributed by atoms with Gasteiger partial charge in [-0.3, -0.25) is 0 Å². The highest BCUT2D eigenvalue weighted by Crippen LogP contribution is 2.30. The Hall–Kier alpha value is -1.59. The van der Waals surface area contributed by atoms with Crippen molar-refractivity contribution in [2.24, 2.45) is 0 Å². The zero-order valence-corrected chi connectivity index (χ0v) is 13.7. The van der Waals surface area contributed by atoms with Gasteiger partial charge in [-0.2, -0.15) is 0 Å². The molecule has 1 N–H and O–H groups in total. The van der Waals surface area contributed by atoms with Crippen LogP contribution in [0.15, 0.2) is 40.9 Å². The molecule has 0 atom stereocenters. The summed E-state index contributed by atoms with van der Waals surface area (Å²) < 4.78 is 25.8. The van der Waals surface area contributed by atoms with Crippen LogP contribution in [-0.4, -0.2) is 13.2 Å². The zero-order valence-electron chi connectivity index (χ0n) is 12.1. The fraction of sp³-hybridized carbons (Fsp3) is 0.294. The fourth-order valence-electron chi connectivity index (χ4n) is 2.34. The highest BCUT2D eigenvalue weighted by molar-refractivity contribution is 9.10. The third-order valence-electron chi connectivity index (χ3n) is 3.46. The molecule has 0 spiro atoms. The van der Waals surface area contributed by atoms with Crippen molar-refractivity contribution in [1.82, 2.24) is 5.32 Å². The Bertz CT molecular complexity index is 663. The van der Waals surface area contributed by atoms with Crippen LogP contribution in [-0.2, 0) is 13.1 Å². The molecule has 0 fully saturated rings. The van der Waals surface area contributed by atoms with Crippen LogP contribution in [0.3, 0.4) is 0 Å². The Morgan fingerprint density at radius 3 is 2.68 bits per heavy atom. The summed E-state index contributed by atoms with van der Waals surface area (Å²) in [6, 6.07) is 10.9. The number of halogens is 2. The van der Waals surface area contributed by atoms with Crippen molar-refractivity contribution in [3.63, 3.8) is 0 Å². The van der Waals surface area contributed by atoms with Gasteiger partial charge in [0.25, 0.3) is 0 Å². The third kappa shape index (κ3) is 3.78. The topological polar surface area (TPSA) is 30.5 Å². The van der Waals surface area contributed by atoms with Crippen molar-refractivity contribution in [2.45, 2.75) is 19.5 Å². The van der Waals surface area contributed by atoms with Crippen molar-refractivity contribution >= 4 is 15.9 Å². The number of hydrogen-bond donors (Lipinski definition) is 1. The summed E-state index contributed by atoms with van der Waals surface area (Å²) in [7, 11) is 0. The number of nitrogens with one attached hydrogen (secondary N) is 1. The summed E-state index contributed by atoms with van der Waals surface area (Å²) in [4.78, 5) is 0. The lowest BCUT2D eigenvalue weighted by molar-refractivity contribution is 0.297. The minimum Gasteiger partial charge on any atom is -0.490 e. The monoisotopic (exact) mass is 365 g/mol. The van der Waals surface area contributed by atoms with Gasteiger partial charge < -0.3 is 14.8 Å². The molecule has 2 aromatic carbocycles. The molecule has 116 valence electrons. The molecule has 0 aromatic heterocycles. The smallest absolute Gasteiger partial charge is 0.161 e. The fourth-order valence-corrected chi connectivity index (χ4v) is 2.75. The van der Waals surface area contributed by atoms with Crippen molar-refractivity contribution in [1.29, 1.82) is 0 Å². The van der Waals surface area contributed by atoms with Gasteiger partial charge in [-0.1, -0.05) is 22.0 Å². The predicted octanol–water partition coefficient (Wildman–Crippen LogP) is 4.04. The molecule has 22 heavy (non-hydrogen) atoms. The number of ether oxygens (including phenoxy) is 2. The molecule has 0 amide bonds. The molecule has 5 heteroatoms. The lowest BCUT2D eigenvalue weighted by Gasteiger charge is -2.10. The van der Waals surface area contributed by atoms with Gasteiger partial charge in [0, 0.05) is 29.5 Å². The maximum Gasteiger partial charge on any atom is 0.161 e. The van der Waals surface area contributed by atoms with Gasteiger partial charge in [0.05, 0.1) is 13.2 Å². The van der Waals surface area contributed by atoms with Gasteiger partial charge in [-0.15, -0.1) is 0 Å². The van der Waals surface area contributed by atoms with Crippen LogP contribution < -0.4 is 14.8 Å². The number of benzene rings is 2. The van der Waals surface area contributed by atoms with Crippen LogP contribution in [0, 0.1) is 5.82 Å². The molecule has 3 rings (SSSR count). The molecule has 0 saturated heterocycles. The summed E-state index contributed by atoms with van der Waals surface area (Å²) in [5, 5.41) is 3.25. The lowest BCUT2D eigenvalue weighted by atomic mass is 10.1. The second-order valence-corrected chi connectivity index (χ2v) is 6.09. The molecule has 3 nitrogen and oxygen atoms in total. The summed E-state index contributed by atoms with van der Waals surface area (Å²) in [5.41, 5.74) is 1.73. The molecular formula is C17H17BrFNO2. The Labute approximate surface area is 137 Å². The Morgan fingerprint density at radius 1 is 1.00 bits per heavy atom. The van der Waals surface area contributed by atoms with Crippen molar-refractivity contribution < 1.29 is 13.9 Å². The van der Waals surface area contributed by atoms with Crippen LogP contribution in [0.1, 0.15) is 17.5 Å². The number of fused-ring (bicyclic) bond motifs is 1. The van der Waals surface area contributed by atoms with E-state index in [1.807, 2.05) is 18.2 Å². The maximum absolute atomic E-state index is 13.7. The second-order valence-electron chi connectivity index (χ2n) is 5.17. The van der Waals surface area contributed by atoms with Crippen molar-refractivity contribution in [3.8, 4) is 11.5 Å². The largest absolute Gasteiger partial charge is 0.490 e. The molecule has 2 aromatic rings. The van der Waals surface area contributed by atoms with Gasteiger partial charge in [0.1, 0.15) is 5.82 Å². The van der Waals surface area contributed by atoms with E-state index in [1.165, 1.54) is 6.07 Å². The van der Waals surface area contributed by atoms with Crippen LogP contribution >= 0.6 is 15.9 Å². The lowest BCUT2D eigenvalue weighted by Crippen LogP contribution is -2.13. The average molecular weight is 366 g/mol. The Kier molecular flexibility index (Phi) is 4.95. The van der Waals surface area contributed by atoms with Gasteiger partial charge in [0.15, 0.2) is 11.5 Å². The molecule has 1 aliphatic heterocycles. The first-order valence-electron chi connectivity index (χ1n) is 7.25. The summed E-state index contributed by atoms with van der Waals surface area (Å²) in [5.74, 6) is 1.37. The third-order valence-corrected chi connectivity index (χ3v) is 3.96. The zero-order chi connectivity index (χ0) is 15.4. The van der Waals surface area contributed by atoms with Crippen LogP contribution in [0.25, 0.3) is 0 Å². The van der Waals surface area contributed by atoms with Crippen LogP contribution in [0.5, 0.6) is 11.5 Å². The SMILES string of the molecule is Fc1ccc(Br)cc1CNCc1ccc2c(c1)OCCCO2. The molecule has 0 radical (unpaired) electrons. The van der Waals surface area contributed by atoms with E-state index in [0.717, 1.165) is 28.0 Å². The van der Waals surface area contributed by atoms with Gasteiger partial charge in [0.2, 0.25) is 0 Å². The average Bonchev–Trinajstić information content (AvgIpc) is 2.75. The molecule has 0 bridgehead atoms. The molecule has 0 saturated carbocycles. The number of hydrogen-bond acceptors (Lipinski definition) is 3. The quantitative estimate of drug-likeness (QED) is 0.886. The summed E-state index contributed by atoms with van der Waals surface area (Å²) in [6.07, 6.45) is 0.893. The van der Waals surface area contributed by atoms with Gasteiger partial charge in [-0.05, 0) is 35.9 Å². The number of rotatable bonds is 4. The highest BCUT2D eigenvalue weighted by Gasteiger charge is 2.10. The van der Waals surface area contributed by atoms with Gasteiger partial charge in [-0.25, -0.2) is 4.39 Å². The van der Waals surface area contributed by atoms with E-state index >= 15 is 0 Å². The molecule has 1 heterocycles. The first-order chi connectivity index (χ1) is 10.7. The van der Waals surface area contributed by atoms with Crippen molar-refractivity contribution in [2.75, 3.05) is 13.2 Å². The minimum atomic E-state index is -0.200. The first kappa shape index (κ1) is 15.3. The standard InChI is InChI=1S/C17H17BrFNO2/c18-14-3-4-15(19)13(9-14)11-20-10-12-2-5-16-17(8-12)22-7-1-6-21-16/h2-5,8-9,20H,1,6-7,10-11H2. The van der Waals surface area contributed by atoms with Crippen molar-refractivity contribution in [3.05, 3.63) is 57.8 Å². The van der Waals surface area contributed by atoms with E-state index in [-0.39, 0.29) is 5.82 Å². The maximum atomic E-state index is 13.7. The second kappa shape index (κ2) is 7.11. The van der Waals surface area contributed by atoms with Gasteiger partial charge >= 0.3 is 0 Å². The molecule has 0 aliphatic carbocycles. The molecule has 0 unspecified atom stereocenters. The van der Waals surface area contributed by atoms with E-state index in [9.17, 15) is 4.39 Å². The van der Waals surface area contributed by atoms with E-state index in [1.54, 1.807) is 12.1 Å².